The van der Waals surface area contributed by atoms with Crippen LogP contribution >= 0.6 is 12.2 Å². The van der Waals surface area contributed by atoms with Crippen LogP contribution in [0.15, 0.2) is 23.2 Å². The lowest BCUT2D eigenvalue weighted by molar-refractivity contribution is -0.144. The van der Waals surface area contributed by atoms with Crippen LogP contribution in [0.2, 0.25) is 0 Å². The molecule has 1 aliphatic heterocycles. The molecule has 2 N–H and O–H groups in total. The minimum Gasteiger partial charge on any atom is -0.469 e. The Morgan fingerprint density at radius 3 is 2.90 bits per heavy atom. The van der Waals surface area contributed by atoms with Crippen molar-refractivity contribution in [2.45, 2.75) is 11.3 Å². The zero-order valence-corrected chi connectivity index (χ0v) is 13.0. The number of nitrogens with zero attached hydrogens (tertiary/aromatic N) is 2. The maximum Gasteiger partial charge on any atom is 0.310 e. The summed E-state index contributed by atoms with van der Waals surface area (Å²) in [5.74, 6) is -0.858. The second-order valence-electron chi connectivity index (χ2n) is 4.59. The normalized spacial score (nSPS) is 19.4. The van der Waals surface area contributed by atoms with Gasteiger partial charge in [-0.05, 0) is 18.6 Å². The summed E-state index contributed by atoms with van der Waals surface area (Å²) in [4.78, 5) is 15.3. The van der Waals surface area contributed by atoms with Crippen molar-refractivity contribution in [3.63, 3.8) is 0 Å². The molecule has 114 valence electrons. The number of ether oxygens (including phenoxy) is 1. The van der Waals surface area contributed by atoms with Gasteiger partial charge in [0.1, 0.15) is 15.6 Å². The molecule has 0 aliphatic carbocycles. The molecule has 0 radical (unpaired) electrons. The first-order valence-electron chi connectivity index (χ1n) is 6.20. The Balaban J connectivity index is 2.32. The number of nitrogens with two attached hydrogens (primary N) is 1. The van der Waals surface area contributed by atoms with Gasteiger partial charge in [0.05, 0.1) is 13.0 Å². The summed E-state index contributed by atoms with van der Waals surface area (Å²) in [6, 6.07) is 2.91. The largest absolute Gasteiger partial charge is 0.469 e. The number of hydrogen-bond acceptors (Lipinski definition) is 6. The molecule has 1 saturated heterocycles. The van der Waals surface area contributed by atoms with Gasteiger partial charge in [0.2, 0.25) is 10.0 Å². The fraction of sp³-hybridized carbons (Fsp3) is 0.417. The van der Waals surface area contributed by atoms with E-state index in [0.29, 0.717) is 6.42 Å². The number of carbonyl (C=O) groups excluding carboxylic acids is 1. The zero-order chi connectivity index (χ0) is 15.6. The van der Waals surface area contributed by atoms with Gasteiger partial charge in [-0.15, -0.1) is 0 Å². The Morgan fingerprint density at radius 1 is 1.57 bits per heavy atom. The van der Waals surface area contributed by atoms with Crippen molar-refractivity contribution in [1.29, 1.82) is 0 Å². The number of aromatic nitrogens is 1. The predicted octanol–water partition coefficient (Wildman–Crippen LogP) is -0.101. The van der Waals surface area contributed by atoms with Gasteiger partial charge in [0.15, 0.2) is 0 Å². The van der Waals surface area contributed by atoms with Crippen molar-refractivity contribution in [2.75, 3.05) is 20.2 Å². The number of pyridine rings is 1. The number of rotatable bonds is 4. The van der Waals surface area contributed by atoms with E-state index in [0.717, 1.165) is 0 Å². The van der Waals surface area contributed by atoms with E-state index in [2.05, 4.69) is 9.72 Å². The summed E-state index contributed by atoms with van der Waals surface area (Å²) in [5, 5.41) is 0. The van der Waals surface area contributed by atoms with Crippen LogP contribution in [-0.2, 0) is 19.6 Å². The van der Waals surface area contributed by atoms with Gasteiger partial charge in [0.25, 0.3) is 0 Å². The van der Waals surface area contributed by atoms with Crippen LogP contribution in [0.1, 0.15) is 12.1 Å². The highest BCUT2D eigenvalue weighted by atomic mass is 32.2. The van der Waals surface area contributed by atoms with Gasteiger partial charge in [-0.25, -0.2) is 8.42 Å². The van der Waals surface area contributed by atoms with Crippen LogP contribution in [0.5, 0.6) is 0 Å². The molecule has 21 heavy (non-hydrogen) atoms. The summed E-state index contributed by atoms with van der Waals surface area (Å²) in [6.45, 7) is 0.328. The minimum absolute atomic E-state index is 0.0389. The molecule has 1 aromatic rings. The number of sulfonamides is 1. The molecule has 1 fully saturated rings. The lowest BCUT2D eigenvalue weighted by Gasteiger charge is -2.17. The standard InChI is InChI=1S/C12H15N3O4S2/c1-19-12(16)8-4-6-15(7-8)21(17,18)9-3-2-5-14-10(9)11(13)20/h2-3,5,8H,4,6-7H2,1H3,(H2,13,20). The fourth-order valence-corrected chi connectivity index (χ4v) is 4.11. The molecule has 0 saturated carbocycles. The molecular formula is C12H15N3O4S2. The molecule has 0 aromatic carbocycles. The summed E-state index contributed by atoms with van der Waals surface area (Å²) in [6.07, 6.45) is 1.85. The number of thiocarbonyl (C=S) groups is 1. The maximum absolute atomic E-state index is 12.6. The Kier molecular flexibility index (Phi) is 4.55. The van der Waals surface area contributed by atoms with Crippen molar-refractivity contribution in [2.24, 2.45) is 11.7 Å². The second-order valence-corrected chi connectivity index (χ2v) is 6.93. The molecule has 2 rings (SSSR count). The van der Waals surface area contributed by atoms with Crippen LogP contribution in [0.3, 0.4) is 0 Å². The van der Waals surface area contributed by atoms with Gasteiger partial charge in [-0.1, -0.05) is 12.2 Å². The smallest absolute Gasteiger partial charge is 0.310 e. The maximum atomic E-state index is 12.6. The molecule has 1 unspecified atom stereocenters. The lowest BCUT2D eigenvalue weighted by Crippen LogP contribution is -2.32. The second kappa shape index (κ2) is 6.04. The van der Waals surface area contributed by atoms with E-state index in [4.69, 9.17) is 18.0 Å². The Morgan fingerprint density at radius 2 is 2.29 bits per heavy atom. The van der Waals surface area contributed by atoms with E-state index in [1.165, 1.54) is 29.7 Å². The summed E-state index contributed by atoms with van der Waals surface area (Å²) < 4.78 is 31.1. The highest BCUT2D eigenvalue weighted by molar-refractivity contribution is 7.89. The Labute approximate surface area is 128 Å². The van der Waals surface area contributed by atoms with Gasteiger partial charge >= 0.3 is 5.97 Å². The third-order valence-electron chi connectivity index (χ3n) is 3.31. The lowest BCUT2D eigenvalue weighted by atomic mass is 10.1. The molecule has 7 nitrogen and oxygen atoms in total. The highest BCUT2D eigenvalue weighted by Gasteiger charge is 2.37. The topological polar surface area (TPSA) is 103 Å². The SMILES string of the molecule is COC(=O)C1CCN(S(=O)(=O)c2cccnc2C(N)=S)C1. The van der Waals surface area contributed by atoms with Crippen LogP contribution in [0.4, 0.5) is 0 Å². The van der Waals surface area contributed by atoms with E-state index in [-0.39, 0.29) is 28.7 Å². The first-order valence-corrected chi connectivity index (χ1v) is 8.05. The molecule has 9 heteroatoms. The van der Waals surface area contributed by atoms with Crippen LogP contribution in [0.25, 0.3) is 0 Å². The van der Waals surface area contributed by atoms with Crippen molar-refractivity contribution in [3.8, 4) is 0 Å². The first kappa shape index (κ1) is 15.8. The van der Waals surface area contributed by atoms with Crippen LogP contribution in [-0.4, -0.2) is 48.9 Å². The van der Waals surface area contributed by atoms with Crippen molar-refractivity contribution in [1.82, 2.24) is 9.29 Å². The Bertz CT molecular complexity index is 675. The molecule has 2 heterocycles. The van der Waals surface area contributed by atoms with Crippen molar-refractivity contribution in [3.05, 3.63) is 24.0 Å². The molecule has 1 atom stereocenters. The molecule has 0 amide bonds. The molecule has 0 bridgehead atoms. The van der Waals surface area contributed by atoms with E-state index in [1.54, 1.807) is 0 Å². The van der Waals surface area contributed by atoms with Gasteiger partial charge in [-0.2, -0.15) is 4.31 Å². The number of hydrogen-bond donors (Lipinski definition) is 1. The van der Waals surface area contributed by atoms with E-state index < -0.39 is 21.9 Å². The molecule has 0 spiro atoms. The summed E-state index contributed by atoms with van der Waals surface area (Å²) in [5.41, 5.74) is 5.58. The van der Waals surface area contributed by atoms with Crippen molar-refractivity contribution >= 4 is 33.2 Å². The highest BCUT2D eigenvalue weighted by Crippen LogP contribution is 2.26. The average molecular weight is 329 g/mol. The van der Waals surface area contributed by atoms with Crippen LogP contribution in [0, 0.1) is 5.92 Å². The predicted molar refractivity (Wildman–Crippen MR) is 79.0 cm³/mol. The Hall–Kier alpha value is -1.58. The third kappa shape index (κ3) is 3.04. The van der Waals surface area contributed by atoms with Gasteiger partial charge < -0.3 is 10.5 Å². The van der Waals surface area contributed by atoms with Crippen molar-refractivity contribution < 1.29 is 17.9 Å². The quantitative estimate of drug-likeness (QED) is 0.608. The first-order chi connectivity index (χ1) is 9.87. The monoisotopic (exact) mass is 329 g/mol. The summed E-state index contributed by atoms with van der Waals surface area (Å²) >= 11 is 4.83. The minimum atomic E-state index is -3.79. The van der Waals surface area contributed by atoms with E-state index >= 15 is 0 Å². The molecule has 1 aliphatic rings. The number of methoxy groups -OCH3 is 1. The zero-order valence-electron chi connectivity index (χ0n) is 11.4. The van der Waals surface area contributed by atoms with E-state index in [9.17, 15) is 13.2 Å². The van der Waals surface area contributed by atoms with E-state index in [1.807, 2.05) is 0 Å². The number of esters is 1. The molecular weight excluding hydrogens is 314 g/mol. The molecule has 1 aromatic heterocycles. The van der Waals surface area contributed by atoms with Crippen LogP contribution < -0.4 is 5.73 Å². The third-order valence-corrected chi connectivity index (χ3v) is 5.40. The summed E-state index contributed by atoms with van der Waals surface area (Å²) in [7, 11) is -2.51. The average Bonchev–Trinajstić information content (AvgIpc) is 2.97. The fourth-order valence-electron chi connectivity index (χ4n) is 2.23. The van der Waals surface area contributed by atoms with Gasteiger partial charge in [0, 0.05) is 19.3 Å². The van der Waals surface area contributed by atoms with Gasteiger partial charge in [-0.3, -0.25) is 9.78 Å². The number of carbonyl (C=O) groups is 1.